The minimum Gasteiger partial charge on any atom is -0.347 e. The van der Waals surface area contributed by atoms with Crippen molar-refractivity contribution in [2.75, 3.05) is 0 Å². The van der Waals surface area contributed by atoms with Crippen molar-refractivity contribution >= 4 is 15.9 Å². The molecule has 0 radical (unpaired) electrons. The van der Waals surface area contributed by atoms with Gasteiger partial charge in [0.15, 0.2) is 4.90 Å². The third kappa shape index (κ3) is 3.09. The van der Waals surface area contributed by atoms with Crippen LogP contribution in [0.1, 0.15) is 10.5 Å². The smallest absolute Gasteiger partial charge is 0.282 e. The first-order valence-electron chi connectivity index (χ1n) is 5.70. The lowest BCUT2D eigenvalue weighted by Crippen LogP contribution is -2.42. The molecule has 0 bridgehead atoms. The Bertz CT molecular complexity index is 767. The Labute approximate surface area is 119 Å². The molecule has 2 N–H and O–H groups in total. The maximum absolute atomic E-state index is 13.4. The van der Waals surface area contributed by atoms with Crippen molar-refractivity contribution in [2.45, 2.75) is 4.90 Å². The summed E-state index contributed by atoms with van der Waals surface area (Å²) in [6.45, 7) is 0. The van der Waals surface area contributed by atoms with Crippen LogP contribution in [0, 0.1) is 11.6 Å². The number of aryl methyl sites for hydroxylation is 1. The van der Waals surface area contributed by atoms with E-state index in [1.165, 1.54) is 10.6 Å². The summed E-state index contributed by atoms with van der Waals surface area (Å²) in [6.07, 6.45) is 1.58. The van der Waals surface area contributed by atoms with Crippen LogP contribution in [-0.4, -0.2) is 18.9 Å². The lowest BCUT2D eigenvalue weighted by Gasteiger charge is -2.10. The number of carbonyl (C=O) groups is 1. The summed E-state index contributed by atoms with van der Waals surface area (Å²) >= 11 is 0. The molecule has 6 nitrogen and oxygen atoms in total. The van der Waals surface area contributed by atoms with Gasteiger partial charge in [-0.15, -0.1) is 4.83 Å². The third-order valence-corrected chi connectivity index (χ3v) is 3.96. The fraction of sp³-hybridized carbons (Fsp3) is 0.0833. The number of halogens is 2. The van der Waals surface area contributed by atoms with Gasteiger partial charge in [-0.1, -0.05) is 6.07 Å². The molecule has 1 heterocycles. The predicted octanol–water partition coefficient (Wildman–Crippen LogP) is 0.927. The Hall–Kier alpha value is -2.26. The molecule has 0 saturated heterocycles. The number of aromatic nitrogens is 1. The number of benzene rings is 1. The molecule has 2 rings (SSSR count). The number of nitrogens with one attached hydrogen (secondary N) is 2. The molecule has 0 aliphatic heterocycles. The topological polar surface area (TPSA) is 80.2 Å². The van der Waals surface area contributed by atoms with Gasteiger partial charge in [-0.3, -0.25) is 10.2 Å². The molecule has 0 fully saturated rings. The van der Waals surface area contributed by atoms with Gasteiger partial charge in [0.1, 0.15) is 17.3 Å². The average molecular weight is 315 g/mol. The van der Waals surface area contributed by atoms with Crippen LogP contribution in [0.3, 0.4) is 0 Å². The van der Waals surface area contributed by atoms with E-state index in [1.54, 1.807) is 24.1 Å². The van der Waals surface area contributed by atoms with Crippen LogP contribution in [0.2, 0.25) is 0 Å². The number of hydrazine groups is 1. The van der Waals surface area contributed by atoms with Crippen molar-refractivity contribution in [3.8, 4) is 0 Å². The molecule has 0 saturated carbocycles. The zero-order valence-corrected chi connectivity index (χ0v) is 11.6. The summed E-state index contributed by atoms with van der Waals surface area (Å²) in [7, 11) is -2.98. The molecule has 1 amide bonds. The van der Waals surface area contributed by atoms with Crippen LogP contribution < -0.4 is 10.3 Å². The highest BCUT2D eigenvalue weighted by Gasteiger charge is 2.24. The first-order chi connectivity index (χ1) is 9.83. The van der Waals surface area contributed by atoms with Gasteiger partial charge in [-0.05, 0) is 24.3 Å². The highest BCUT2D eigenvalue weighted by Crippen LogP contribution is 2.17. The van der Waals surface area contributed by atoms with Gasteiger partial charge in [0.05, 0.1) is 0 Å². The fourth-order valence-electron chi connectivity index (χ4n) is 1.66. The number of sulfonamides is 1. The minimum atomic E-state index is -4.56. The molecule has 0 aliphatic rings. The summed E-state index contributed by atoms with van der Waals surface area (Å²) in [5.74, 6) is -3.27. The first kappa shape index (κ1) is 15.1. The van der Waals surface area contributed by atoms with Crippen LogP contribution in [-0.2, 0) is 17.1 Å². The highest BCUT2D eigenvalue weighted by molar-refractivity contribution is 7.89. The summed E-state index contributed by atoms with van der Waals surface area (Å²) in [5.41, 5.74) is 2.06. The largest absolute Gasteiger partial charge is 0.347 e. The Balaban J connectivity index is 2.20. The standard InChI is InChI=1S/C12H11F2N3O3S/c1-17-7-3-6-10(17)12(18)15-16-21(19,20)11-8(13)4-2-5-9(11)14/h2-7,16H,1H3,(H,15,18). The zero-order chi connectivity index (χ0) is 15.6. The molecule has 0 aliphatic carbocycles. The van der Waals surface area contributed by atoms with E-state index in [4.69, 9.17) is 0 Å². The minimum absolute atomic E-state index is 0.173. The Morgan fingerprint density at radius 2 is 1.76 bits per heavy atom. The molecule has 1 aromatic heterocycles. The van der Waals surface area contributed by atoms with Crippen LogP contribution in [0.25, 0.3) is 0 Å². The summed E-state index contributed by atoms with van der Waals surface area (Å²) in [4.78, 5) is 12.2. The number of hydrogen-bond donors (Lipinski definition) is 2. The third-order valence-electron chi connectivity index (χ3n) is 2.66. The van der Waals surface area contributed by atoms with Gasteiger partial charge >= 0.3 is 0 Å². The highest BCUT2D eigenvalue weighted by atomic mass is 32.2. The lowest BCUT2D eigenvalue weighted by atomic mass is 10.3. The van der Waals surface area contributed by atoms with Gasteiger partial charge in [0, 0.05) is 13.2 Å². The summed E-state index contributed by atoms with van der Waals surface area (Å²) in [5, 5.41) is 0. The second-order valence-electron chi connectivity index (χ2n) is 4.11. The van der Waals surface area contributed by atoms with Crippen LogP contribution in [0.5, 0.6) is 0 Å². The average Bonchev–Trinajstić information content (AvgIpc) is 2.82. The van der Waals surface area contributed by atoms with E-state index in [1.807, 2.05) is 5.43 Å². The van der Waals surface area contributed by atoms with E-state index < -0.39 is 32.5 Å². The number of amides is 1. The molecular formula is C12H11F2N3O3S. The lowest BCUT2D eigenvalue weighted by molar-refractivity contribution is 0.0937. The monoisotopic (exact) mass is 315 g/mol. The predicted molar refractivity (Wildman–Crippen MR) is 69.6 cm³/mol. The number of nitrogens with zero attached hydrogens (tertiary/aromatic N) is 1. The molecule has 2 aromatic rings. The van der Waals surface area contributed by atoms with Crippen molar-refractivity contribution in [3.63, 3.8) is 0 Å². The molecule has 21 heavy (non-hydrogen) atoms. The number of hydrogen-bond acceptors (Lipinski definition) is 3. The van der Waals surface area contributed by atoms with E-state index >= 15 is 0 Å². The van der Waals surface area contributed by atoms with Gasteiger partial charge in [0.2, 0.25) is 0 Å². The van der Waals surface area contributed by atoms with E-state index in [0.29, 0.717) is 0 Å². The molecule has 0 unspecified atom stereocenters. The van der Waals surface area contributed by atoms with Crippen LogP contribution >= 0.6 is 0 Å². The molecule has 9 heteroatoms. The summed E-state index contributed by atoms with van der Waals surface area (Å²) < 4.78 is 52.0. The van der Waals surface area contributed by atoms with E-state index in [2.05, 4.69) is 0 Å². The van der Waals surface area contributed by atoms with Crippen molar-refractivity contribution in [3.05, 3.63) is 53.9 Å². The molecule has 0 atom stereocenters. The van der Waals surface area contributed by atoms with Crippen molar-refractivity contribution < 1.29 is 22.0 Å². The van der Waals surface area contributed by atoms with Gasteiger partial charge in [-0.2, -0.15) is 0 Å². The molecular weight excluding hydrogens is 304 g/mol. The molecule has 1 aromatic carbocycles. The second kappa shape index (κ2) is 5.62. The van der Waals surface area contributed by atoms with Crippen LogP contribution in [0.4, 0.5) is 8.78 Å². The maximum Gasteiger partial charge on any atom is 0.282 e. The van der Waals surface area contributed by atoms with E-state index in [-0.39, 0.29) is 5.69 Å². The molecule has 0 spiro atoms. The Kier molecular flexibility index (Phi) is 4.05. The fourth-order valence-corrected chi connectivity index (χ4v) is 2.64. The quantitative estimate of drug-likeness (QED) is 0.824. The van der Waals surface area contributed by atoms with Gasteiger partial charge in [0.25, 0.3) is 15.9 Å². The maximum atomic E-state index is 13.4. The zero-order valence-electron chi connectivity index (χ0n) is 10.8. The first-order valence-corrected chi connectivity index (χ1v) is 7.19. The van der Waals surface area contributed by atoms with Gasteiger partial charge in [-0.25, -0.2) is 17.2 Å². The van der Waals surface area contributed by atoms with Crippen molar-refractivity contribution in [2.24, 2.45) is 7.05 Å². The Morgan fingerprint density at radius 1 is 1.14 bits per heavy atom. The SMILES string of the molecule is Cn1cccc1C(=O)NNS(=O)(=O)c1c(F)cccc1F. The van der Waals surface area contributed by atoms with E-state index in [9.17, 15) is 22.0 Å². The van der Waals surface area contributed by atoms with Crippen molar-refractivity contribution in [1.29, 1.82) is 0 Å². The Morgan fingerprint density at radius 3 is 2.29 bits per heavy atom. The normalized spacial score (nSPS) is 11.4. The second-order valence-corrected chi connectivity index (χ2v) is 5.73. The van der Waals surface area contributed by atoms with Gasteiger partial charge < -0.3 is 4.57 Å². The number of rotatable bonds is 4. The van der Waals surface area contributed by atoms with E-state index in [0.717, 1.165) is 18.2 Å². The van der Waals surface area contributed by atoms with Crippen LogP contribution in [0.15, 0.2) is 41.4 Å². The van der Waals surface area contributed by atoms with Crippen molar-refractivity contribution in [1.82, 2.24) is 14.8 Å². The number of carbonyl (C=O) groups excluding carboxylic acids is 1. The summed E-state index contributed by atoms with van der Waals surface area (Å²) in [6, 6.07) is 5.67. The molecule has 112 valence electrons.